The van der Waals surface area contributed by atoms with Gasteiger partial charge in [0.15, 0.2) is 5.11 Å². The Bertz CT molecular complexity index is 1280. The molecule has 0 spiro atoms. The summed E-state index contributed by atoms with van der Waals surface area (Å²) in [5, 5.41) is 5.58. The molecule has 0 fully saturated rings. The Morgan fingerprint density at radius 1 is 1.00 bits per heavy atom. The molecule has 10 heteroatoms. The summed E-state index contributed by atoms with van der Waals surface area (Å²) >= 11 is 8.67. The molecular weight excluding hydrogens is 550 g/mol. The number of ether oxygens (including phenoxy) is 1. The van der Waals surface area contributed by atoms with Crippen LogP contribution in [0.15, 0.2) is 82.2 Å². The first-order valence-corrected chi connectivity index (χ1v) is 13.5. The quantitative estimate of drug-likeness (QED) is 0.279. The molecule has 0 saturated carbocycles. The lowest BCUT2D eigenvalue weighted by atomic mass is 10.1. The van der Waals surface area contributed by atoms with Gasteiger partial charge in [-0.25, -0.2) is 8.42 Å². The molecular formula is C25H26BrN3O4S2. The molecule has 0 aliphatic carbocycles. The van der Waals surface area contributed by atoms with Crippen molar-refractivity contribution in [1.29, 1.82) is 0 Å². The fraction of sp³-hybridized carbons (Fsp3) is 0.200. The lowest BCUT2D eigenvalue weighted by molar-refractivity contribution is 0.0977. The Hall–Kier alpha value is -2.95. The number of anilines is 2. The van der Waals surface area contributed by atoms with Crippen LogP contribution in [0.25, 0.3) is 0 Å². The van der Waals surface area contributed by atoms with E-state index >= 15 is 0 Å². The van der Waals surface area contributed by atoms with E-state index in [1.54, 1.807) is 60.7 Å². The standard InChI is InChI=1S/C25H26BrN3O4S2/c1-17(2)14-15-33-23-13-8-18(16-22(23)26)24(30)28-25(34)27-19-9-11-21(12-10-19)35(31,32)29-20-6-4-3-5-7-20/h3-13,16-17,29H,14-15H2,1-2H3,(H2,27,28,30,34). The number of thiocarbonyl (C=S) groups is 1. The molecule has 0 atom stereocenters. The van der Waals surface area contributed by atoms with Crippen LogP contribution >= 0.6 is 28.1 Å². The second kappa shape index (κ2) is 12.1. The van der Waals surface area contributed by atoms with Crippen molar-refractivity contribution >= 4 is 60.6 Å². The average molecular weight is 577 g/mol. The maximum absolute atomic E-state index is 12.6. The number of sulfonamides is 1. The number of benzene rings is 3. The van der Waals surface area contributed by atoms with Gasteiger partial charge in [-0.15, -0.1) is 0 Å². The number of amides is 1. The van der Waals surface area contributed by atoms with Gasteiger partial charge in [0.2, 0.25) is 0 Å². The topological polar surface area (TPSA) is 96.5 Å². The van der Waals surface area contributed by atoms with E-state index in [0.717, 1.165) is 6.42 Å². The molecule has 0 aliphatic heterocycles. The van der Waals surface area contributed by atoms with Crippen LogP contribution in [0.1, 0.15) is 30.6 Å². The van der Waals surface area contributed by atoms with E-state index in [1.165, 1.54) is 12.1 Å². The Balaban J connectivity index is 1.56. The predicted molar refractivity (Wildman–Crippen MR) is 146 cm³/mol. The minimum Gasteiger partial charge on any atom is -0.492 e. The van der Waals surface area contributed by atoms with E-state index in [0.29, 0.717) is 39.7 Å². The first kappa shape index (κ1) is 26.7. The van der Waals surface area contributed by atoms with Gasteiger partial charge in [0.25, 0.3) is 15.9 Å². The van der Waals surface area contributed by atoms with Gasteiger partial charge in [-0.3, -0.25) is 14.8 Å². The minimum absolute atomic E-state index is 0.0846. The molecule has 0 radical (unpaired) electrons. The summed E-state index contributed by atoms with van der Waals surface area (Å²) in [5.74, 6) is 0.821. The third-order valence-electron chi connectivity index (χ3n) is 4.82. The molecule has 0 aliphatic rings. The SMILES string of the molecule is CC(C)CCOc1ccc(C(=O)NC(=S)Nc2ccc(S(=O)(=O)Nc3ccccc3)cc2)cc1Br. The van der Waals surface area contributed by atoms with Crippen molar-refractivity contribution in [2.45, 2.75) is 25.2 Å². The van der Waals surface area contributed by atoms with Crippen molar-refractivity contribution in [3.8, 4) is 5.75 Å². The smallest absolute Gasteiger partial charge is 0.261 e. The van der Waals surface area contributed by atoms with E-state index in [9.17, 15) is 13.2 Å². The summed E-state index contributed by atoms with van der Waals surface area (Å²) in [6.45, 7) is 4.85. The van der Waals surface area contributed by atoms with Crippen LogP contribution in [0.5, 0.6) is 5.75 Å². The molecule has 3 rings (SSSR count). The van der Waals surface area contributed by atoms with E-state index < -0.39 is 10.0 Å². The molecule has 3 aromatic carbocycles. The third-order valence-corrected chi connectivity index (χ3v) is 7.04. The van der Waals surface area contributed by atoms with Crippen molar-refractivity contribution in [1.82, 2.24) is 5.32 Å². The van der Waals surface area contributed by atoms with E-state index in [1.807, 2.05) is 0 Å². The highest BCUT2D eigenvalue weighted by molar-refractivity contribution is 9.10. The van der Waals surface area contributed by atoms with Crippen LogP contribution in [0.2, 0.25) is 0 Å². The molecule has 7 nitrogen and oxygen atoms in total. The zero-order valence-corrected chi connectivity index (χ0v) is 22.5. The molecule has 3 aromatic rings. The van der Waals surface area contributed by atoms with Crippen molar-refractivity contribution in [3.63, 3.8) is 0 Å². The first-order valence-electron chi connectivity index (χ1n) is 10.9. The number of halogens is 1. The lowest BCUT2D eigenvalue weighted by Crippen LogP contribution is -2.34. The lowest BCUT2D eigenvalue weighted by Gasteiger charge is -2.13. The van der Waals surface area contributed by atoms with Gasteiger partial charge in [0.1, 0.15) is 5.75 Å². The van der Waals surface area contributed by atoms with Gasteiger partial charge in [-0.05, 0) is 95.1 Å². The maximum atomic E-state index is 12.6. The third kappa shape index (κ3) is 8.05. The molecule has 0 unspecified atom stereocenters. The molecule has 0 bridgehead atoms. The molecule has 0 heterocycles. The number of hydrogen-bond acceptors (Lipinski definition) is 5. The Morgan fingerprint density at radius 3 is 2.31 bits per heavy atom. The van der Waals surface area contributed by atoms with Crippen LogP contribution in [-0.4, -0.2) is 26.0 Å². The minimum atomic E-state index is -3.73. The van der Waals surface area contributed by atoms with E-state index in [-0.39, 0.29) is 15.9 Å². The molecule has 0 aromatic heterocycles. The number of carbonyl (C=O) groups is 1. The van der Waals surface area contributed by atoms with Gasteiger partial charge in [0.05, 0.1) is 16.0 Å². The van der Waals surface area contributed by atoms with E-state index in [2.05, 4.69) is 45.1 Å². The fourth-order valence-electron chi connectivity index (χ4n) is 2.94. The summed E-state index contributed by atoms with van der Waals surface area (Å²) < 4.78 is 34.0. The second-order valence-corrected chi connectivity index (χ2v) is 11.0. The monoisotopic (exact) mass is 575 g/mol. The number of rotatable bonds is 9. The number of carbonyl (C=O) groups excluding carboxylic acids is 1. The predicted octanol–water partition coefficient (Wildman–Crippen LogP) is 5.80. The Kier molecular flexibility index (Phi) is 9.25. The zero-order chi connectivity index (χ0) is 25.4. The summed E-state index contributed by atoms with van der Waals surface area (Å²) in [6.07, 6.45) is 0.936. The van der Waals surface area contributed by atoms with Crippen molar-refractivity contribution in [2.75, 3.05) is 16.6 Å². The summed E-state index contributed by atoms with van der Waals surface area (Å²) in [4.78, 5) is 12.7. The van der Waals surface area contributed by atoms with Crippen LogP contribution in [-0.2, 0) is 10.0 Å². The van der Waals surface area contributed by atoms with Gasteiger partial charge in [-0.1, -0.05) is 32.0 Å². The van der Waals surface area contributed by atoms with Gasteiger partial charge in [0, 0.05) is 16.9 Å². The normalized spacial score (nSPS) is 11.1. The molecule has 1 amide bonds. The van der Waals surface area contributed by atoms with Crippen molar-refractivity contribution in [2.24, 2.45) is 5.92 Å². The maximum Gasteiger partial charge on any atom is 0.261 e. The highest BCUT2D eigenvalue weighted by Gasteiger charge is 2.15. The molecule has 0 saturated heterocycles. The highest BCUT2D eigenvalue weighted by Crippen LogP contribution is 2.26. The average Bonchev–Trinajstić information content (AvgIpc) is 2.80. The highest BCUT2D eigenvalue weighted by atomic mass is 79.9. The second-order valence-electron chi connectivity index (χ2n) is 8.08. The molecule has 35 heavy (non-hydrogen) atoms. The number of hydrogen-bond donors (Lipinski definition) is 3. The number of nitrogens with one attached hydrogen (secondary N) is 3. The number of para-hydroxylation sites is 1. The zero-order valence-electron chi connectivity index (χ0n) is 19.2. The van der Waals surface area contributed by atoms with Crippen molar-refractivity contribution < 1.29 is 17.9 Å². The fourth-order valence-corrected chi connectivity index (χ4v) is 4.70. The summed E-state index contributed by atoms with van der Waals surface area (Å²) in [7, 11) is -3.73. The molecule has 184 valence electrons. The Labute approximate surface area is 219 Å². The summed E-state index contributed by atoms with van der Waals surface area (Å²) in [6, 6.07) is 19.7. The van der Waals surface area contributed by atoms with Gasteiger partial charge < -0.3 is 10.1 Å². The van der Waals surface area contributed by atoms with Crippen LogP contribution in [0.3, 0.4) is 0 Å². The molecule has 3 N–H and O–H groups in total. The van der Waals surface area contributed by atoms with Crippen LogP contribution in [0, 0.1) is 5.92 Å². The van der Waals surface area contributed by atoms with E-state index in [4.69, 9.17) is 17.0 Å². The van der Waals surface area contributed by atoms with Crippen molar-refractivity contribution in [3.05, 3.63) is 82.8 Å². The van der Waals surface area contributed by atoms with Gasteiger partial charge in [-0.2, -0.15) is 0 Å². The largest absolute Gasteiger partial charge is 0.492 e. The van der Waals surface area contributed by atoms with Crippen LogP contribution < -0.4 is 20.1 Å². The summed E-state index contributed by atoms with van der Waals surface area (Å²) in [5.41, 5.74) is 1.41. The Morgan fingerprint density at radius 2 is 1.69 bits per heavy atom. The first-order chi connectivity index (χ1) is 16.6. The van der Waals surface area contributed by atoms with Gasteiger partial charge >= 0.3 is 0 Å². The van der Waals surface area contributed by atoms with Crippen LogP contribution in [0.4, 0.5) is 11.4 Å².